The lowest BCUT2D eigenvalue weighted by Crippen LogP contribution is -2.56. The van der Waals surface area contributed by atoms with E-state index in [2.05, 4.69) is 4.90 Å². The highest BCUT2D eigenvalue weighted by Crippen LogP contribution is 2.37. The summed E-state index contributed by atoms with van der Waals surface area (Å²) in [7, 11) is 0. The third-order valence-corrected chi connectivity index (χ3v) is 4.80. The molecule has 0 aromatic carbocycles. The maximum Gasteiger partial charge on any atom is 0.170 e. The van der Waals surface area contributed by atoms with Crippen LogP contribution in [0.1, 0.15) is 44.9 Å². The van der Waals surface area contributed by atoms with Crippen LogP contribution in [0.3, 0.4) is 0 Å². The van der Waals surface area contributed by atoms with E-state index >= 15 is 0 Å². The summed E-state index contributed by atoms with van der Waals surface area (Å²) in [5.74, 6) is -0.299. The summed E-state index contributed by atoms with van der Waals surface area (Å²) in [4.78, 5) is 2.60. The summed E-state index contributed by atoms with van der Waals surface area (Å²) in [6, 6.07) is 0.747. The highest BCUT2D eigenvalue weighted by atomic mass is 16.7. The molecular weight excluding hydrogens is 228 g/mol. The first-order chi connectivity index (χ1) is 8.79. The number of ether oxygens (including phenoxy) is 2. The summed E-state index contributed by atoms with van der Waals surface area (Å²) in [6.45, 7) is 3.91. The molecule has 18 heavy (non-hydrogen) atoms. The lowest BCUT2D eigenvalue weighted by Gasteiger charge is -2.44. The van der Waals surface area contributed by atoms with Crippen molar-refractivity contribution in [2.24, 2.45) is 5.73 Å². The van der Waals surface area contributed by atoms with Gasteiger partial charge in [-0.3, -0.25) is 4.90 Å². The summed E-state index contributed by atoms with van der Waals surface area (Å²) in [6.07, 6.45) is 8.34. The van der Waals surface area contributed by atoms with E-state index in [-0.39, 0.29) is 5.79 Å². The van der Waals surface area contributed by atoms with Crippen molar-refractivity contribution in [1.29, 1.82) is 0 Å². The molecule has 3 aliphatic rings. The van der Waals surface area contributed by atoms with Gasteiger partial charge in [-0.15, -0.1) is 0 Å². The van der Waals surface area contributed by atoms with E-state index < -0.39 is 0 Å². The first-order valence-electron chi connectivity index (χ1n) is 7.57. The maximum absolute atomic E-state index is 6.36. The second kappa shape index (κ2) is 5.45. The van der Waals surface area contributed by atoms with Crippen molar-refractivity contribution in [2.45, 2.75) is 62.8 Å². The number of hydrogen-bond donors (Lipinski definition) is 1. The Hall–Kier alpha value is -0.160. The van der Waals surface area contributed by atoms with Crippen LogP contribution in [-0.2, 0) is 9.47 Å². The van der Waals surface area contributed by atoms with E-state index in [1.807, 2.05) is 0 Å². The van der Waals surface area contributed by atoms with Gasteiger partial charge in [-0.1, -0.05) is 12.8 Å². The molecule has 1 saturated carbocycles. The summed E-state index contributed by atoms with van der Waals surface area (Å²) >= 11 is 0. The maximum atomic E-state index is 6.36. The summed E-state index contributed by atoms with van der Waals surface area (Å²) in [5, 5.41) is 0. The molecule has 4 nitrogen and oxygen atoms in total. The molecule has 1 aliphatic carbocycles. The van der Waals surface area contributed by atoms with Gasteiger partial charge in [0.2, 0.25) is 0 Å². The minimum Gasteiger partial charge on any atom is -0.347 e. The van der Waals surface area contributed by atoms with Crippen molar-refractivity contribution in [2.75, 3.05) is 26.3 Å². The van der Waals surface area contributed by atoms with Gasteiger partial charge in [0.25, 0.3) is 0 Å². The molecule has 2 atom stereocenters. The second-order valence-corrected chi connectivity index (χ2v) is 6.03. The minimum atomic E-state index is -0.299. The molecule has 2 N–H and O–H groups in total. The first kappa shape index (κ1) is 12.9. The fourth-order valence-electron chi connectivity index (χ4n) is 3.74. The van der Waals surface area contributed by atoms with Crippen molar-refractivity contribution in [1.82, 2.24) is 4.90 Å². The Kier molecular flexibility index (Phi) is 3.89. The van der Waals surface area contributed by atoms with Gasteiger partial charge < -0.3 is 15.2 Å². The zero-order chi connectivity index (χ0) is 12.4. The van der Waals surface area contributed by atoms with Crippen LogP contribution in [0.2, 0.25) is 0 Å². The average molecular weight is 254 g/mol. The van der Waals surface area contributed by atoms with Gasteiger partial charge in [0.1, 0.15) is 0 Å². The fourth-order valence-corrected chi connectivity index (χ4v) is 3.74. The molecule has 2 saturated heterocycles. The Morgan fingerprint density at radius 2 is 1.67 bits per heavy atom. The lowest BCUT2D eigenvalue weighted by molar-refractivity contribution is -0.191. The smallest absolute Gasteiger partial charge is 0.170 e. The SMILES string of the molecule is NC1CCC2(CC1N1CCCCCC1)OCCO2. The van der Waals surface area contributed by atoms with Crippen LogP contribution in [0, 0.1) is 0 Å². The second-order valence-electron chi connectivity index (χ2n) is 6.03. The predicted molar refractivity (Wildman–Crippen MR) is 70.3 cm³/mol. The molecular formula is C14H26N2O2. The quantitative estimate of drug-likeness (QED) is 0.770. The van der Waals surface area contributed by atoms with Gasteiger partial charge in [0.05, 0.1) is 13.2 Å². The molecule has 2 unspecified atom stereocenters. The number of nitrogens with zero attached hydrogens (tertiary/aromatic N) is 1. The standard InChI is InChI=1S/C14H26N2O2/c15-12-5-6-14(17-9-10-18-14)11-13(12)16-7-3-1-2-4-8-16/h12-13H,1-11,15H2. The summed E-state index contributed by atoms with van der Waals surface area (Å²) in [5.41, 5.74) is 6.36. The third-order valence-electron chi connectivity index (χ3n) is 4.80. The largest absolute Gasteiger partial charge is 0.347 e. The molecule has 3 rings (SSSR count). The molecule has 0 aromatic heterocycles. The molecule has 4 heteroatoms. The van der Waals surface area contributed by atoms with Gasteiger partial charge in [-0.2, -0.15) is 0 Å². The Bertz CT molecular complexity index is 271. The van der Waals surface area contributed by atoms with Crippen LogP contribution in [0.15, 0.2) is 0 Å². The highest BCUT2D eigenvalue weighted by molar-refractivity contribution is 4.95. The van der Waals surface area contributed by atoms with E-state index in [9.17, 15) is 0 Å². The Morgan fingerprint density at radius 1 is 1.00 bits per heavy atom. The zero-order valence-corrected chi connectivity index (χ0v) is 11.3. The van der Waals surface area contributed by atoms with Crippen molar-refractivity contribution < 1.29 is 9.47 Å². The Labute approximate surface area is 110 Å². The van der Waals surface area contributed by atoms with E-state index in [1.54, 1.807) is 0 Å². The zero-order valence-electron chi connectivity index (χ0n) is 11.3. The third kappa shape index (κ3) is 2.57. The Balaban J connectivity index is 1.68. The molecule has 0 bridgehead atoms. The van der Waals surface area contributed by atoms with Crippen LogP contribution in [0.25, 0.3) is 0 Å². The summed E-state index contributed by atoms with van der Waals surface area (Å²) < 4.78 is 11.8. The van der Waals surface area contributed by atoms with E-state index in [0.29, 0.717) is 12.1 Å². The average Bonchev–Trinajstić information content (AvgIpc) is 2.66. The van der Waals surface area contributed by atoms with Crippen LogP contribution in [0.4, 0.5) is 0 Å². The molecule has 2 heterocycles. The number of likely N-dealkylation sites (tertiary alicyclic amines) is 1. The molecule has 0 amide bonds. The molecule has 2 aliphatic heterocycles. The minimum absolute atomic E-state index is 0.293. The van der Waals surface area contributed by atoms with Gasteiger partial charge in [-0.25, -0.2) is 0 Å². The van der Waals surface area contributed by atoms with Crippen molar-refractivity contribution in [3.05, 3.63) is 0 Å². The highest BCUT2D eigenvalue weighted by Gasteiger charge is 2.45. The van der Waals surface area contributed by atoms with Crippen molar-refractivity contribution in [3.8, 4) is 0 Å². The number of hydrogen-bond acceptors (Lipinski definition) is 4. The van der Waals surface area contributed by atoms with E-state index in [0.717, 1.165) is 32.5 Å². The molecule has 0 radical (unpaired) electrons. The van der Waals surface area contributed by atoms with Crippen LogP contribution < -0.4 is 5.73 Å². The monoisotopic (exact) mass is 254 g/mol. The molecule has 1 spiro atoms. The van der Waals surface area contributed by atoms with Crippen LogP contribution in [-0.4, -0.2) is 49.1 Å². The van der Waals surface area contributed by atoms with Gasteiger partial charge in [0.15, 0.2) is 5.79 Å². The normalized spacial score (nSPS) is 37.8. The molecule has 0 aromatic rings. The van der Waals surface area contributed by atoms with Crippen molar-refractivity contribution >= 4 is 0 Å². The Morgan fingerprint density at radius 3 is 2.33 bits per heavy atom. The molecule has 104 valence electrons. The van der Waals surface area contributed by atoms with E-state index in [1.165, 1.54) is 38.8 Å². The van der Waals surface area contributed by atoms with Crippen molar-refractivity contribution in [3.63, 3.8) is 0 Å². The fraction of sp³-hybridized carbons (Fsp3) is 1.00. The van der Waals surface area contributed by atoms with Crippen LogP contribution >= 0.6 is 0 Å². The predicted octanol–water partition coefficient (Wildman–Crippen LogP) is 1.49. The number of nitrogens with two attached hydrogens (primary N) is 1. The topological polar surface area (TPSA) is 47.7 Å². The first-order valence-corrected chi connectivity index (χ1v) is 7.57. The van der Waals surface area contributed by atoms with Gasteiger partial charge in [0, 0.05) is 24.9 Å². The molecule has 3 fully saturated rings. The van der Waals surface area contributed by atoms with Gasteiger partial charge >= 0.3 is 0 Å². The van der Waals surface area contributed by atoms with Gasteiger partial charge in [-0.05, 0) is 32.4 Å². The lowest BCUT2D eigenvalue weighted by atomic mass is 9.85. The number of rotatable bonds is 1. The van der Waals surface area contributed by atoms with E-state index in [4.69, 9.17) is 15.2 Å². The van der Waals surface area contributed by atoms with Crippen LogP contribution in [0.5, 0.6) is 0 Å².